The average molecular weight is 496 g/mol. The Kier molecular flexibility index (Phi) is 4.93. The summed E-state index contributed by atoms with van der Waals surface area (Å²) in [6.45, 7) is 0.488. The van der Waals surface area contributed by atoms with Gasteiger partial charge in [0.2, 0.25) is 15.9 Å². The molecule has 9 heteroatoms. The van der Waals surface area contributed by atoms with Gasteiger partial charge in [-0.1, -0.05) is 42.5 Å². The number of fused-ring (bicyclic) bond motifs is 3. The SMILES string of the molecule is CS(=O)(=O)N1CC2(C1)C(=O)N(Cc1ncc3ccccc3c1-c1ccc(C#N)nc1)c1ccccc12. The Morgan fingerprint density at radius 1 is 1.00 bits per heavy atom. The van der Waals surface area contributed by atoms with E-state index in [1.54, 1.807) is 23.4 Å². The van der Waals surface area contributed by atoms with Crippen molar-refractivity contribution in [3.05, 3.63) is 90.0 Å². The van der Waals surface area contributed by atoms with Gasteiger partial charge in [0.15, 0.2) is 0 Å². The van der Waals surface area contributed by atoms with Gasteiger partial charge in [0.25, 0.3) is 0 Å². The van der Waals surface area contributed by atoms with Crippen molar-refractivity contribution in [1.82, 2.24) is 14.3 Å². The van der Waals surface area contributed by atoms with Gasteiger partial charge in [0, 0.05) is 47.7 Å². The predicted octanol–water partition coefficient (Wildman–Crippen LogP) is 3.23. The van der Waals surface area contributed by atoms with Gasteiger partial charge in [-0.15, -0.1) is 0 Å². The molecule has 6 rings (SSSR count). The topological polar surface area (TPSA) is 107 Å². The third-order valence-corrected chi connectivity index (χ3v) is 8.28. The van der Waals surface area contributed by atoms with Crippen LogP contribution in [0.1, 0.15) is 17.0 Å². The average Bonchev–Trinajstić information content (AvgIpc) is 3.10. The smallest absolute Gasteiger partial charge is 0.240 e. The van der Waals surface area contributed by atoms with Crippen molar-refractivity contribution in [2.75, 3.05) is 24.2 Å². The van der Waals surface area contributed by atoms with Crippen LogP contribution in [0.15, 0.2) is 73.1 Å². The summed E-state index contributed by atoms with van der Waals surface area (Å²) < 4.78 is 25.5. The molecule has 1 fully saturated rings. The van der Waals surface area contributed by atoms with E-state index in [1.807, 2.05) is 60.7 Å². The van der Waals surface area contributed by atoms with Crippen molar-refractivity contribution < 1.29 is 13.2 Å². The molecule has 1 saturated heterocycles. The minimum absolute atomic E-state index is 0.123. The fourth-order valence-electron chi connectivity index (χ4n) is 5.25. The summed E-state index contributed by atoms with van der Waals surface area (Å²) in [6.07, 6.45) is 4.62. The number of para-hydroxylation sites is 1. The first-order valence-electron chi connectivity index (χ1n) is 11.4. The molecule has 8 nitrogen and oxygen atoms in total. The van der Waals surface area contributed by atoms with Crippen molar-refractivity contribution in [2.45, 2.75) is 12.0 Å². The van der Waals surface area contributed by atoms with Gasteiger partial charge in [-0.3, -0.25) is 9.78 Å². The van der Waals surface area contributed by atoms with E-state index in [-0.39, 0.29) is 25.5 Å². The van der Waals surface area contributed by atoms with E-state index in [4.69, 9.17) is 4.98 Å². The molecule has 2 aliphatic rings. The molecular formula is C27H21N5O3S. The van der Waals surface area contributed by atoms with Crippen molar-refractivity contribution >= 4 is 32.4 Å². The van der Waals surface area contributed by atoms with Gasteiger partial charge in [-0.25, -0.2) is 13.4 Å². The highest BCUT2D eigenvalue weighted by Gasteiger charge is 2.60. The Morgan fingerprint density at radius 2 is 1.75 bits per heavy atom. The van der Waals surface area contributed by atoms with Gasteiger partial charge in [-0.2, -0.15) is 9.57 Å². The largest absolute Gasteiger partial charge is 0.305 e. The van der Waals surface area contributed by atoms with Crippen LogP contribution in [0.2, 0.25) is 0 Å². The molecule has 0 aliphatic carbocycles. The first kappa shape index (κ1) is 22.3. The van der Waals surface area contributed by atoms with Crippen molar-refractivity contribution in [2.24, 2.45) is 0 Å². The molecule has 1 amide bonds. The van der Waals surface area contributed by atoms with Crippen LogP contribution in [-0.2, 0) is 26.8 Å². The van der Waals surface area contributed by atoms with Crippen LogP contribution in [0.5, 0.6) is 0 Å². The lowest BCUT2D eigenvalue weighted by Crippen LogP contribution is -2.64. The molecule has 0 saturated carbocycles. The van der Waals surface area contributed by atoms with Crippen molar-refractivity contribution in [1.29, 1.82) is 5.26 Å². The molecular weight excluding hydrogens is 474 g/mol. The molecule has 0 radical (unpaired) electrons. The maximum Gasteiger partial charge on any atom is 0.240 e. The lowest BCUT2D eigenvalue weighted by atomic mass is 9.76. The minimum Gasteiger partial charge on any atom is -0.305 e. The van der Waals surface area contributed by atoms with Gasteiger partial charge in [0.1, 0.15) is 17.2 Å². The zero-order valence-electron chi connectivity index (χ0n) is 19.4. The third kappa shape index (κ3) is 3.30. The molecule has 0 bridgehead atoms. The Bertz CT molecular complexity index is 1690. The molecule has 0 atom stereocenters. The van der Waals surface area contributed by atoms with Crippen LogP contribution < -0.4 is 4.90 Å². The molecule has 0 unspecified atom stereocenters. The van der Waals surface area contributed by atoms with Crippen LogP contribution >= 0.6 is 0 Å². The van der Waals surface area contributed by atoms with Gasteiger partial charge in [0.05, 0.1) is 18.5 Å². The zero-order valence-corrected chi connectivity index (χ0v) is 20.2. The van der Waals surface area contributed by atoms with Crippen LogP contribution in [0, 0.1) is 11.3 Å². The summed E-state index contributed by atoms with van der Waals surface area (Å²) in [7, 11) is -3.38. The van der Waals surface area contributed by atoms with E-state index in [9.17, 15) is 18.5 Å². The number of rotatable bonds is 4. The highest BCUT2D eigenvalue weighted by molar-refractivity contribution is 7.88. The maximum absolute atomic E-state index is 13.9. The lowest BCUT2D eigenvalue weighted by molar-refractivity contribution is -0.127. The number of carbonyl (C=O) groups excluding carboxylic acids is 1. The molecule has 0 N–H and O–H groups in total. The summed E-state index contributed by atoms with van der Waals surface area (Å²) in [5.41, 5.74) is 3.40. The van der Waals surface area contributed by atoms with Gasteiger partial charge >= 0.3 is 0 Å². The number of aromatic nitrogens is 2. The van der Waals surface area contributed by atoms with E-state index in [1.165, 1.54) is 10.6 Å². The first-order chi connectivity index (χ1) is 17.3. The molecule has 2 aliphatic heterocycles. The number of nitriles is 1. The highest BCUT2D eigenvalue weighted by Crippen LogP contribution is 2.48. The monoisotopic (exact) mass is 495 g/mol. The quantitative estimate of drug-likeness (QED) is 0.430. The first-order valence-corrected chi connectivity index (χ1v) is 13.3. The fourth-order valence-corrected chi connectivity index (χ4v) is 6.16. The van der Waals surface area contributed by atoms with Crippen LogP contribution in [0.4, 0.5) is 5.69 Å². The molecule has 4 aromatic rings. The number of anilines is 1. The molecule has 4 heterocycles. The van der Waals surface area contributed by atoms with Gasteiger partial charge in [-0.05, 0) is 29.1 Å². The van der Waals surface area contributed by atoms with Gasteiger partial charge < -0.3 is 4.90 Å². The van der Waals surface area contributed by atoms with E-state index < -0.39 is 15.4 Å². The Hall–Kier alpha value is -4.13. The second kappa shape index (κ2) is 7.95. The number of carbonyl (C=O) groups is 1. The second-order valence-corrected chi connectivity index (χ2v) is 11.2. The Morgan fingerprint density at radius 3 is 2.47 bits per heavy atom. The molecule has 2 aromatic heterocycles. The minimum atomic E-state index is -3.38. The van der Waals surface area contributed by atoms with Crippen molar-refractivity contribution in [3.8, 4) is 17.2 Å². The number of hydrogen-bond donors (Lipinski definition) is 0. The summed E-state index contributed by atoms with van der Waals surface area (Å²) in [4.78, 5) is 24.6. The third-order valence-electron chi connectivity index (χ3n) is 7.08. The number of hydrogen-bond acceptors (Lipinski definition) is 6. The fraction of sp³-hybridized carbons (Fsp3) is 0.185. The molecule has 1 spiro atoms. The summed E-state index contributed by atoms with van der Waals surface area (Å²) >= 11 is 0. The molecule has 36 heavy (non-hydrogen) atoms. The number of pyridine rings is 2. The number of sulfonamides is 1. The number of amides is 1. The summed E-state index contributed by atoms with van der Waals surface area (Å²) in [6, 6.07) is 21.0. The molecule has 178 valence electrons. The normalized spacial score (nSPS) is 16.7. The lowest BCUT2D eigenvalue weighted by Gasteiger charge is -2.45. The summed E-state index contributed by atoms with van der Waals surface area (Å²) in [5, 5.41) is 11.1. The van der Waals surface area contributed by atoms with Crippen LogP contribution in [-0.4, -0.2) is 47.9 Å². The van der Waals surface area contributed by atoms with Crippen LogP contribution in [0.25, 0.3) is 21.9 Å². The Balaban J connectivity index is 1.46. The predicted molar refractivity (Wildman–Crippen MR) is 135 cm³/mol. The zero-order chi connectivity index (χ0) is 25.1. The van der Waals surface area contributed by atoms with E-state index >= 15 is 0 Å². The number of benzene rings is 2. The highest BCUT2D eigenvalue weighted by atomic mass is 32.2. The second-order valence-electron chi connectivity index (χ2n) is 9.23. The summed E-state index contributed by atoms with van der Waals surface area (Å²) in [5.74, 6) is -0.123. The van der Waals surface area contributed by atoms with E-state index in [0.717, 1.165) is 33.2 Å². The van der Waals surface area contributed by atoms with E-state index in [0.29, 0.717) is 11.4 Å². The molecule has 2 aromatic carbocycles. The maximum atomic E-state index is 13.9. The van der Waals surface area contributed by atoms with Crippen LogP contribution in [0.3, 0.4) is 0 Å². The standard InChI is InChI=1S/C27H21N5O3S/c1-36(34,35)31-16-27(17-31)22-8-4-5-9-24(22)32(26(27)33)15-23-25(19-10-11-20(12-28)29-14-19)21-7-3-2-6-18(21)13-30-23/h2-11,13-14H,15-17H2,1H3. The Labute approximate surface area is 208 Å². The number of nitrogens with zero attached hydrogens (tertiary/aromatic N) is 5. The van der Waals surface area contributed by atoms with E-state index in [2.05, 4.69) is 4.98 Å². The van der Waals surface area contributed by atoms with Crippen molar-refractivity contribution in [3.63, 3.8) is 0 Å².